The van der Waals surface area contributed by atoms with Crippen LogP contribution in [-0.2, 0) is 29.8 Å². The van der Waals surface area contributed by atoms with Crippen molar-refractivity contribution in [3.8, 4) is 23.0 Å². The van der Waals surface area contributed by atoms with Gasteiger partial charge in [0.25, 0.3) is 0 Å². The first-order valence-electron chi connectivity index (χ1n) is 15.7. The van der Waals surface area contributed by atoms with Crippen LogP contribution in [0.15, 0.2) is 24.3 Å². The zero-order valence-corrected chi connectivity index (χ0v) is 28.9. The number of carboxylic acid groups (broad SMARTS) is 1. The van der Waals surface area contributed by atoms with Crippen LogP contribution >= 0.6 is 7.60 Å². The Labute approximate surface area is 272 Å². The number of carboxylic acids is 1. The van der Waals surface area contributed by atoms with E-state index in [0.717, 1.165) is 22.5 Å². The van der Waals surface area contributed by atoms with Gasteiger partial charge < -0.3 is 29.1 Å². The van der Waals surface area contributed by atoms with Gasteiger partial charge in [0.1, 0.15) is 5.82 Å². The van der Waals surface area contributed by atoms with Crippen LogP contribution < -0.4 is 0 Å². The van der Waals surface area contributed by atoms with Crippen molar-refractivity contribution in [2.45, 2.75) is 97.9 Å². The van der Waals surface area contributed by atoms with Gasteiger partial charge in [-0.05, 0) is 55.4 Å². The summed E-state index contributed by atoms with van der Waals surface area (Å²) in [7, 11) is -1.62. The summed E-state index contributed by atoms with van der Waals surface area (Å²) in [6.07, 6.45) is 1.30. The van der Waals surface area contributed by atoms with Crippen LogP contribution in [0.3, 0.4) is 0 Å². The first kappa shape index (κ1) is 39.3. The van der Waals surface area contributed by atoms with Gasteiger partial charge in [0.05, 0.1) is 50.3 Å². The van der Waals surface area contributed by atoms with Crippen LogP contribution in [0, 0.1) is 17.7 Å². The summed E-state index contributed by atoms with van der Waals surface area (Å²) >= 11 is 0. The molecule has 1 aromatic heterocycles. The number of hydrogen-bond acceptors (Lipinski definition) is 8. The van der Waals surface area contributed by atoms with E-state index in [1.807, 2.05) is 27.7 Å². The molecule has 2 aromatic rings. The molecule has 2 atom stereocenters. The smallest absolute Gasteiger partial charge is 0.330 e. The van der Waals surface area contributed by atoms with Gasteiger partial charge >= 0.3 is 13.6 Å². The van der Waals surface area contributed by atoms with Gasteiger partial charge in [-0.25, -0.2) is 4.39 Å². The zero-order valence-electron chi connectivity index (χ0n) is 28.0. The number of unbranched alkanes of at least 4 members (excludes halogenated alkanes) is 1. The van der Waals surface area contributed by atoms with Crippen LogP contribution in [0.1, 0.15) is 107 Å². The highest BCUT2D eigenvalue weighted by atomic mass is 31.2. The molecule has 2 rings (SSSR count). The average molecular weight is 662 g/mol. The van der Waals surface area contributed by atoms with E-state index in [0.29, 0.717) is 29.5 Å². The Hall–Kier alpha value is -2.90. The molecule has 254 valence electrons. The van der Waals surface area contributed by atoms with E-state index < -0.39 is 38.0 Å². The molecule has 0 aliphatic heterocycles. The second-order valence-corrected chi connectivity index (χ2v) is 13.8. The molecular formula is C35H49FNO8P. The second-order valence-electron chi connectivity index (χ2n) is 11.6. The summed E-state index contributed by atoms with van der Waals surface area (Å²) in [5, 5.41) is 29.8. The highest BCUT2D eigenvalue weighted by Gasteiger charge is 2.25. The van der Waals surface area contributed by atoms with E-state index in [1.54, 1.807) is 33.1 Å². The number of aliphatic hydroxyl groups is 2. The maximum Gasteiger partial charge on any atom is 0.330 e. The van der Waals surface area contributed by atoms with Crippen molar-refractivity contribution in [3.05, 3.63) is 58.2 Å². The maximum atomic E-state index is 14.7. The highest BCUT2D eigenvalue weighted by Crippen LogP contribution is 2.48. The lowest BCUT2D eigenvalue weighted by molar-refractivity contribution is -0.139. The van der Waals surface area contributed by atoms with E-state index >= 15 is 0 Å². The minimum atomic E-state index is -3.20. The number of nitrogens with zero attached hydrogens (tertiary/aromatic N) is 1. The number of aromatic nitrogens is 1. The van der Waals surface area contributed by atoms with Gasteiger partial charge in [-0.1, -0.05) is 57.8 Å². The van der Waals surface area contributed by atoms with Gasteiger partial charge in [-0.15, -0.1) is 0 Å². The van der Waals surface area contributed by atoms with Crippen molar-refractivity contribution in [2.24, 2.45) is 0 Å². The molecule has 0 saturated heterocycles. The number of aliphatic hydroxyl groups excluding tert-OH is 2. The van der Waals surface area contributed by atoms with E-state index in [9.17, 15) is 24.0 Å². The molecule has 1 aromatic carbocycles. The molecule has 0 bridgehead atoms. The summed E-state index contributed by atoms with van der Waals surface area (Å²) in [4.78, 5) is 16.0. The van der Waals surface area contributed by atoms with E-state index in [4.69, 9.17) is 23.9 Å². The number of benzene rings is 1. The number of halogens is 1. The second kappa shape index (κ2) is 19.0. The third kappa shape index (κ3) is 11.7. The van der Waals surface area contributed by atoms with Gasteiger partial charge in [0.15, 0.2) is 0 Å². The lowest BCUT2D eigenvalue weighted by Gasteiger charge is -2.24. The van der Waals surface area contributed by atoms with Crippen LogP contribution in [-0.4, -0.2) is 65.0 Å². The number of hydrogen-bond donors (Lipinski definition) is 3. The third-order valence-corrected chi connectivity index (χ3v) is 9.21. The lowest BCUT2D eigenvalue weighted by atomic mass is 9.85. The molecule has 0 aliphatic rings. The summed E-state index contributed by atoms with van der Waals surface area (Å²) < 4.78 is 43.9. The Morgan fingerprint density at radius 3 is 2.30 bits per heavy atom. The predicted octanol–water partition coefficient (Wildman–Crippen LogP) is 7.28. The van der Waals surface area contributed by atoms with Crippen LogP contribution in [0.2, 0.25) is 0 Å². The SMILES string of the molecule is CCOP(=O)(CCCC#Cc1cc(F)ccc1-c1c(C=C[C@@H](O)C[C@@H](O)CC(=O)O)c(C(C)C)nc(C(C)C)c1COC)OCC. The largest absolute Gasteiger partial charge is 0.481 e. The summed E-state index contributed by atoms with van der Waals surface area (Å²) in [5.41, 5.74) is 4.88. The number of rotatable bonds is 18. The number of carbonyl (C=O) groups is 1. The molecule has 0 unspecified atom stereocenters. The molecule has 0 amide bonds. The minimum absolute atomic E-state index is 0.0255. The van der Waals surface area contributed by atoms with Crippen LogP contribution in [0.25, 0.3) is 17.2 Å². The molecule has 0 spiro atoms. The van der Waals surface area contributed by atoms with Gasteiger partial charge in [-0.3, -0.25) is 14.3 Å². The summed E-state index contributed by atoms with van der Waals surface area (Å²) in [6, 6.07) is 4.41. The van der Waals surface area contributed by atoms with Crippen molar-refractivity contribution in [1.82, 2.24) is 4.98 Å². The fourth-order valence-corrected chi connectivity index (χ4v) is 6.79. The number of pyridine rings is 1. The van der Waals surface area contributed by atoms with Gasteiger partial charge in [-0.2, -0.15) is 0 Å². The van der Waals surface area contributed by atoms with E-state index in [2.05, 4.69) is 11.8 Å². The average Bonchev–Trinajstić information content (AvgIpc) is 2.95. The molecule has 46 heavy (non-hydrogen) atoms. The van der Waals surface area contributed by atoms with Gasteiger partial charge in [0.2, 0.25) is 0 Å². The summed E-state index contributed by atoms with van der Waals surface area (Å²) in [6.45, 7) is 12.4. The molecule has 0 radical (unpaired) electrons. The molecular weight excluding hydrogens is 612 g/mol. The number of aliphatic carboxylic acids is 1. The molecule has 0 fully saturated rings. The van der Waals surface area contributed by atoms with Crippen molar-refractivity contribution in [3.63, 3.8) is 0 Å². The molecule has 0 saturated carbocycles. The topological polar surface area (TPSA) is 135 Å². The highest BCUT2D eigenvalue weighted by molar-refractivity contribution is 7.53. The van der Waals surface area contributed by atoms with E-state index in [1.165, 1.54) is 18.2 Å². The lowest BCUT2D eigenvalue weighted by Crippen LogP contribution is -2.19. The standard InChI is InChI=1S/C35H49FNO8P/c1-8-44-46(42,45-9-2)18-12-10-11-13-25-19-26(36)14-16-29(25)33-30(17-15-27(38)20-28(39)21-32(40)41)34(23(3)4)37-35(24(5)6)31(33)22-43-7/h14-17,19,23-24,27-28,38-39H,8-10,12,18,20-22H2,1-7H3,(H,40,41)/t27-,28-/m1/s1. The molecule has 9 nitrogen and oxygen atoms in total. The van der Waals surface area contributed by atoms with Crippen molar-refractivity contribution < 1.29 is 42.9 Å². The Bertz CT molecular complexity index is 1440. The fraction of sp³-hybridized carbons (Fsp3) is 0.543. The number of ether oxygens (including phenoxy) is 1. The molecule has 11 heteroatoms. The van der Waals surface area contributed by atoms with Crippen LogP contribution in [0.5, 0.6) is 0 Å². The normalized spacial score (nSPS) is 13.3. The molecule has 3 N–H and O–H groups in total. The minimum Gasteiger partial charge on any atom is -0.481 e. The Balaban J connectivity index is 2.72. The Morgan fingerprint density at radius 2 is 1.74 bits per heavy atom. The van der Waals surface area contributed by atoms with Crippen LogP contribution in [0.4, 0.5) is 4.39 Å². The molecule has 1 heterocycles. The quantitative estimate of drug-likeness (QED) is 0.0856. The zero-order chi connectivity index (χ0) is 34.4. The first-order valence-corrected chi connectivity index (χ1v) is 17.5. The first-order chi connectivity index (χ1) is 21.8. The monoisotopic (exact) mass is 661 g/mol. The summed E-state index contributed by atoms with van der Waals surface area (Å²) in [5.74, 6) is 4.59. The fourth-order valence-electron chi connectivity index (χ4n) is 5.13. The van der Waals surface area contributed by atoms with Crippen molar-refractivity contribution >= 4 is 19.6 Å². The van der Waals surface area contributed by atoms with Crippen molar-refractivity contribution in [1.29, 1.82) is 0 Å². The van der Waals surface area contributed by atoms with Crippen molar-refractivity contribution in [2.75, 3.05) is 26.5 Å². The molecule has 0 aliphatic carbocycles. The maximum absolute atomic E-state index is 14.7. The van der Waals surface area contributed by atoms with Gasteiger partial charge in [0, 0.05) is 42.3 Å². The van der Waals surface area contributed by atoms with E-state index in [-0.39, 0.29) is 44.2 Å². The Kier molecular flexibility index (Phi) is 16.3. The third-order valence-electron chi connectivity index (χ3n) is 7.05. The Morgan fingerprint density at radius 1 is 1.09 bits per heavy atom. The number of methoxy groups -OCH3 is 1. The predicted molar refractivity (Wildman–Crippen MR) is 178 cm³/mol.